The molecule has 120 valence electrons. The van der Waals surface area contributed by atoms with Gasteiger partial charge in [0.25, 0.3) is 0 Å². The highest BCUT2D eigenvalue weighted by atomic mass is 16.5. The molecular formula is C16H14O7. The largest absolute Gasteiger partial charge is 0.504 e. The van der Waals surface area contributed by atoms with Gasteiger partial charge in [-0.3, -0.25) is 4.79 Å². The molecule has 0 saturated heterocycles. The predicted octanol–water partition coefficient (Wildman–Crippen LogP) is 2.38. The number of hydrogen-bond acceptors (Lipinski definition) is 7. The van der Waals surface area contributed by atoms with Crippen molar-refractivity contribution in [3.05, 3.63) is 28.4 Å². The van der Waals surface area contributed by atoms with Crippen LogP contribution in [0.4, 0.5) is 0 Å². The van der Waals surface area contributed by atoms with E-state index in [1.807, 2.05) is 0 Å². The monoisotopic (exact) mass is 318 g/mol. The molecule has 2 aromatic carbocycles. The fraction of sp³-hybridized carbons (Fsp3) is 0.188. The Balaban J connectivity index is 2.62. The van der Waals surface area contributed by atoms with E-state index in [4.69, 9.17) is 18.6 Å². The van der Waals surface area contributed by atoms with E-state index < -0.39 is 16.9 Å². The number of benzene rings is 2. The summed E-state index contributed by atoms with van der Waals surface area (Å²) in [6.45, 7) is 0. The Bertz CT molecular complexity index is 972. The molecule has 0 fully saturated rings. The summed E-state index contributed by atoms with van der Waals surface area (Å²) in [5.74, 6) is -0.852. The van der Waals surface area contributed by atoms with E-state index in [1.165, 1.54) is 27.4 Å². The summed E-state index contributed by atoms with van der Waals surface area (Å²) >= 11 is 0. The van der Waals surface area contributed by atoms with E-state index in [9.17, 15) is 15.0 Å². The fourth-order valence-corrected chi connectivity index (χ4v) is 2.54. The van der Waals surface area contributed by atoms with E-state index >= 15 is 0 Å². The Morgan fingerprint density at radius 1 is 0.913 bits per heavy atom. The number of fused-ring (bicyclic) bond motifs is 2. The molecule has 0 saturated carbocycles. The first-order chi connectivity index (χ1) is 11.0. The summed E-state index contributed by atoms with van der Waals surface area (Å²) in [6, 6.07) is 4.78. The average Bonchev–Trinajstić information content (AvgIpc) is 2.57. The van der Waals surface area contributed by atoms with Crippen molar-refractivity contribution in [1.29, 1.82) is 0 Å². The maximum Gasteiger partial charge on any atom is 0.211 e. The van der Waals surface area contributed by atoms with Gasteiger partial charge in [0.05, 0.1) is 26.7 Å². The molecule has 1 aromatic heterocycles. The SMILES string of the molecule is COc1c(OC)c(O)c2c(=O)c3cccc(OC)c3oc2c1O. The molecule has 0 aliphatic heterocycles. The molecule has 0 aliphatic carbocycles. The van der Waals surface area contributed by atoms with E-state index in [0.29, 0.717) is 5.75 Å². The first-order valence-corrected chi connectivity index (χ1v) is 6.64. The van der Waals surface area contributed by atoms with Gasteiger partial charge in [0.15, 0.2) is 22.7 Å². The highest BCUT2D eigenvalue weighted by Gasteiger charge is 2.26. The average molecular weight is 318 g/mol. The topological polar surface area (TPSA) is 98.4 Å². The van der Waals surface area contributed by atoms with Gasteiger partial charge in [0, 0.05) is 0 Å². The molecule has 3 rings (SSSR count). The van der Waals surface area contributed by atoms with Crippen LogP contribution in [0.1, 0.15) is 0 Å². The van der Waals surface area contributed by atoms with Gasteiger partial charge in [-0.25, -0.2) is 0 Å². The molecule has 0 atom stereocenters. The van der Waals surface area contributed by atoms with Gasteiger partial charge in [-0.2, -0.15) is 0 Å². The van der Waals surface area contributed by atoms with Crippen LogP contribution < -0.4 is 19.6 Å². The Kier molecular flexibility index (Phi) is 3.40. The Morgan fingerprint density at radius 3 is 2.17 bits per heavy atom. The van der Waals surface area contributed by atoms with Crippen molar-refractivity contribution >= 4 is 21.9 Å². The molecule has 0 aliphatic rings. The molecule has 0 unspecified atom stereocenters. The van der Waals surface area contributed by atoms with Gasteiger partial charge in [-0.05, 0) is 12.1 Å². The second-order valence-corrected chi connectivity index (χ2v) is 4.74. The van der Waals surface area contributed by atoms with E-state index in [-0.39, 0.29) is 33.4 Å². The quantitative estimate of drug-likeness (QED) is 0.565. The van der Waals surface area contributed by atoms with Crippen molar-refractivity contribution in [3.63, 3.8) is 0 Å². The molecule has 0 radical (unpaired) electrons. The molecular weight excluding hydrogens is 304 g/mol. The number of aromatic hydroxyl groups is 2. The molecule has 7 nitrogen and oxygen atoms in total. The standard InChI is InChI=1S/C16H14O7/c1-20-8-6-4-5-7-10(17)9-11(18)15(21-2)16(22-3)12(19)14(9)23-13(7)8/h4-6,18-19H,1-3H3. The molecule has 0 spiro atoms. The maximum atomic E-state index is 12.7. The lowest BCUT2D eigenvalue weighted by Crippen LogP contribution is -2.05. The van der Waals surface area contributed by atoms with Crippen LogP contribution in [-0.2, 0) is 0 Å². The van der Waals surface area contributed by atoms with Crippen LogP contribution in [0.15, 0.2) is 27.4 Å². The zero-order chi connectivity index (χ0) is 16.7. The highest BCUT2D eigenvalue weighted by molar-refractivity contribution is 6.00. The minimum atomic E-state index is -0.520. The summed E-state index contributed by atoms with van der Waals surface area (Å²) < 4.78 is 20.9. The number of phenols is 2. The summed E-state index contributed by atoms with van der Waals surface area (Å²) in [5.41, 5.74) is -0.564. The van der Waals surface area contributed by atoms with Crippen molar-refractivity contribution in [2.45, 2.75) is 0 Å². The molecule has 2 N–H and O–H groups in total. The summed E-state index contributed by atoms with van der Waals surface area (Å²) in [6.07, 6.45) is 0. The number of hydrogen-bond donors (Lipinski definition) is 2. The third kappa shape index (κ3) is 1.93. The number of ether oxygens (including phenoxy) is 3. The van der Waals surface area contributed by atoms with Crippen molar-refractivity contribution < 1.29 is 28.8 Å². The van der Waals surface area contributed by atoms with Gasteiger partial charge in [0.2, 0.25) is 22.7 Å². The molecule has 3 aromatic rings. The number of rotatable bonds is 3. The van der Waals surface area contributed by atoms with Crippen molar-refractivity contribution in [2.75, 3.05) is 21.3 Å². The van der Waals surface area contributed by atoms with Crippen LogP contribution in [0.3, 0.4) is 0 Å². The van der Waals surface area contributed by atoms with Gasteiger partial charge < -0.3 is 28.8 Å². The van der Waals surface area contributed by atoms with E-state index in [2.05, 4.69) is 0 Å². The maximum absolute atomic E-state index is 12.7. The third-order valence-corrected chi connectivity index (χ3v) is 3.60. The number of para-hydroxylation sites is 1. The van der Waals surface area contributed by atoms with Crippen LogP contribution >= 0.6 is 0 Å². The fourth-order valence-electron chi connectivity index (χ4n) is 2.54. The minimum absolute atomic E-state index is 0.130. The van der Waals surface area contributed by atoms with Crippen LogP contribution in [0.25, 0.3) is 21.9 Å². The second-order valence-electron chi connectivity index (χ2n) is 4.74. The minimum Gasteiger partial charge on any atom is -0.504 e. The van der Waals surface area contributed by atoms with Gasteiger partial charge in [-0.15, -0.1) is 0 Å². The van der Waals surface area contributed by atoms with E-state index in [0.717, 1.165) is 0 Å². The second kappa shape index (κ2) is 5.28. The Morgan fingerprint density at radius 2 is 1.57 bits per heavy atom. The first kappa shape index (κ1) is 14.8. The zero-order valence-electron chi connectivity index (χ0n) is 12.7. The molecule has 1 heterocycles. The molecule has 0 amide bonds. The van der Waals surface area contributed by atoms with Gasteiger partial charge in [0.1, 0.15) is 5.39 Å². The third-order valence-electron chi connectivity index (χ3n) is 3.60. The highest BCUT2D eigenvalue weighted by Crippen LogP contribution is 2.49. The predicted molar refractivity (Wildman–Crippen MR) is 83.0 cm³/mol. The Hall–Kier alpha value is -3.09. The summed E-state index contributed by atoms with van der Waals surface area (Å²) in [4.78, 5) is 12.7. The smallest absolute Gasteiger partial charge is 0.211 e. The first-order valence-electron chi connectivity index (χ1n) is 6.64. The molecule has 23 heavy (non-hydrogen) atoms. The number of methoxy groups -OCH3 is 3. The lowest BCUT2D eigenvalue weighted by atomic mass is 10.1. The molecule has 7 heteroatoms. The van der Waals surface area contributed by atoms with Crippen LogP contribution in [0.2, 0.25) is 0 Å². The lowest BCUT2D eigenvalue weighted by Gasteiger charge is -2.14. The van der Waals surface area contributed by atoms with Crippen molar-refractivity contribution in [3.8, 4) is 28.7 Å². The normalized spacial score (nSPS) is 10.9. The van der Waals surface area contributed by atoms with Gasteiger partial charge >= 0.3 is 0 Å². The zero-order valence-corrected chi connectivity index (χ0v) is 12.7. The van der Waals surface area contributed by atoms with Crippen LogP contribution in [-0.4, -0.2) is 31.5 Å². The number of phenolic OH excluding ortho intramolecular Hbond substituents is 2. The van der Waals surface area contributed by atoms with Crippen molar-refractivity contribution in [2.24, 2.45) is 0 Å². The van der Waals surface area contributed by atoms with Crippen LogP contribution in [0.5, 0.6) is 28.7 Å². The Labute approximate surface area is 130 Å². The van der Waals surface area contributed by atoms with Crippen molar-refractivity contribution in [1.82, 2.24) is 0 Å². The molecule has 0 bridgehead atoms. The van der Waals surface area contributed by atoms with Gasteiger partial charge in [-0.1, -0.05) is 6.07 Å². The van der Waals surface area contributed by atoms with Crippen LogP contribution in [0, 0.1) is 0 Å². The van der Waals surface area contributed by atoms with E-state index in [1.54, 1.807) is 12.1 Å². The summed E-state index contributed by atoms with van der Waals surface area (Å²) in [7, 11) is 4.02. The lowest BCUT2D eigenvalue weighted by molar-refractivity contribution is 0.317. The summed E-state index contributed by atoms with van der Waals surface area (Å²) in [5, 5.41) is 20.7.